The van der Waals surface area contributed by atoms with Crippen LogP contribution in [0.5, 0.6) is 0 Å². The lowest BCUT2D eigenvalue weighted by Gasteiger charge is -2.27. The zero-order valence-electron chi connectivity index (χ0n) is 18.3. The summed E-state index contributed by atoms with van der Waals surface area (Å²) in [4.78, 5) is 25.9. The molecule has 1 amide bonds. The van der Waals surface area contributed by atoms with Gasteiger partial charge >= 0.3 is 0 Å². The largest absolute Gasteiger partial charge is 0.343 e. The fraction of sp³-hybridized carbons (Fsp3) is 0.154. The normalized spacial score (nSPS) is 11.1. The summed E-state index contributed by atoms with van der Waals surface area (Å²) in [6.07, 6.45) is 4.93. The van der Waals surface area contributed by atoms with Crippen LogP contribution in [0.4, 0.5) is 11.5 Å². The van der Waals surface area contributed by atoms with E-state index in [4.69, 9.17) is 0 Å². The van der Waals surface area contributed by atoms with Gasteiger partial charge in [-0.2, -0.15) is 0 Å². The maximum atomic E-state index is 13.1. The second-order valence-electron chi connectivity index (χ2n) is 8.09. The van der Waals surface area contributed by atoms with Crippen molar-refractivity contribution in [2.75, 3.05) is 5.32 Å². The summed E-state index contributed by atoms with van der Waals surface area (Å²) in [5.74, 6) is 0.524. The Bertz CT molecular complexity index is 1220. The monoisotopic (exact) mass is 423 g/mol. The summed E-state index contributed by atoms with van der Waals surface area (Å²) in [7, 11) is 0. The first-order valence-electron chi connectivity index (χ1n) is 10.4. The Morgan fingerprint density at radius 3 is 2.47 bits per heavy atom. The van der Waals surface area contributed by atoms with Crippen LogP contribution in [-0.2, 0) is 5.54 Å². The SMILES string of the molecule is Cc1ccc(C(=O)NC(C)(C)c2ccccc2)cc1Nc1ncccc1-c1ccncn1. The topological polar surface area (TPSA) is 79.8 Å². The second kappa shape index (κ2) is 8.98. The summed E-state index contributed by atoms with van der Waals surface area (Å²) in [6.45, 7) is 5.98. The molecule has 6 heteroatoms. The Kier molecular flexibility index (Phi) is 5.94. The zero-order chi connectivity index (χ0) is 22.6. The van der Waals surface area contributed by atoms with Gasteiger partial charge in [-0.1, -0.05) is 36.4 Å². The number of hydrogen-bond donors (Lipinski definition) is 2. The molecular formula is C26H25N5O. The molecule has 0 saturated heterocycles. The van der Waals surface area contributed by atoms with Gasteiger partial charge in [0.15, 0.2) is 0 Å². The molecule has 0 unspecified atom stereocenters. The number of nitrogens with one attached hydrogen (secondary N) is 2. The maximum Gasteiger partial charge on any atom is 0.252 e. The zero-order valence-corrected chi connectivity index (χ0v) is 18.3. The molecule has 0 atom stereocenters. The molecule has 0 radical (unpaired) electrons. The van der Waals surface area contributed by atoms with Crippen LogP contribution in [-0.4, -0.2) is 20.9 Å². The third-order valence-corrected chi connectivity index (χ3v) is 5.34. The van der Waals surface area contributed by atoms with Crippen LogP contribution >= 0.6 is 0 Å². The third kappa shape index (κ3) is 4.64. The highest BCUT2D eigenvalue weighted by Gasteiger charge is 2.23. The first-order valence-corrected chi connectivity index (χ1v) is 10.4. The van der Waals surface area contributed by atoms with Crippen molar-refractivity contribution in [3.63, 3.8) is 0 Å². The van der Waals surface area contributed by atoms with Gasteiger partial charge in [0.2, 0.25) is 0 Å². The highest BCUT2D eigenvalue weighted by Crippen LogP contribution is 2.29. The Morgan fingerprint density at radius 1 is 0.906 bits per heavy atom. The van der Waals surface area contributed by atoms with E-state index in [0.29, 0.717) is 11.4 Å². The average Bonchev–Trinajstić information content (AvgIpc) is 2.81. The lowest BCUT2D eigenvalue weighted by molar-refractivity contribution is 0.0912. The summed E-state index contributed by atoms with van der Waals surface area (Å²) < 4.78 is 0. The second-order valence-corrected chi connectivity index (χ2v) is 8.09. The number of aryl methyl sites for hydroxylation is 1. The number of amides is 1. The van der Waals surface area contributed by atoms with Crippen molar-refractivity contribution in [1.82, 2.24) is 20.3 Å². The fourth-order valence-corrected chi connectivity index (χ4v) is 3.47. The van der Waals surface area contributed by atoms with Crippen LogP contribution in [0.2, 0.25) is 0 Å². The van der Waals surface area contributed by atoms with Crippen molar-refractivity contribution in [1.29, 1.82) is 0 Å². The fourth-order valence-electron chi connectivity index (χ4n) is 3.47. The molecule has 4 rings (SSSR count). The first kappa shape index (κ1) is 21.2. The van der Waals surface area contributed by atoms with E-state index < -0.39 is 5.54 Å². The molecule has 4 aromatic rings. The number of carbonyl (C=O) groups excluding carboxylic acids is 1. The Hall–Kier alpha value is -4.06. The molecule has 160 valence electrons. The minimum Gasteiger partial charge on any atom is -0.343 e. The highest BCUT2D eigenvalue weighted by molar-refractivity contribution is 5.96. The molecule has 2 aromatic carbocycles. The quantitative estimate of drug-likeness (QED) is 0.442. The van der Waals surface area contributed by atoms with Crippen molar-refractivity contribution in [2.24, 2.45) is 0 Å². The predicted molar refractivity (Wildman–Crippen MR) is 127 cm³/mol. The number of rotatable bonds is 6. The molecular weight excluding hydrogens is 398 g/mol. The van der Waals surface area contributed by atoms with Gasteiger partial charge in [-0.05, 0) is 62.2 Å². The minimum atomic E-state index is -0.502. The Labute approximate surface area is 187 Å². The van der Waals surface area contributed by atoms with Crippen LogP contribution in [0, 0.1) is 6.92 Å². The number of benzene rings is 2. The minimum absolute atomic E-state index is 0.140. The maximum absolute atomic E-state index is 13.1. The van der Waals surface area contributed by atoms with Crippen molar-refractivity contribution >= 4 is 17.4 Å². The van der Waals surface area contributed by atoms with Crippen LogP contribution < -0.4 is 10.6 Å². The summed E-state index contributed by atoms with van der Waals surface area (Å²) in [6, 6.07) is 21.2. The summed E-state index contributed by atoms with van der Waals surface area (Å²) in [5, 5.41) is 6.51. The van der Waals surface area contributed by atoms with Crippen LogP contribution in [0.1, 0.15) is 35.3 Å². The molecule has 0 fully saturated rings. The number of hydrogen-bond acceptors (Lipinski definition) is 5. The molecule has 32 heavy (non-hydrogen) atoms. The van der Waals surface area contributed by atoms with Gasteiger partial charge in [0.05, 0.1) is 11.2 Å². The molecule has 0 aliphatic heterocycles. The van der Waals surface area contributed by atoms with Gasteiger partial charge in [0.1, 0.15) is 12.1 Å². The molecule has 0 saturated carbocycles. The lowest BCUT2D eigenvalue weighted by atomic mass is 9.94. The molecule has 2 heterocycles. The van der Waals surface area contributed by atoms with E-state index >= 15 is 0 Å². The molecule has 0 aliphatic carbocycles. The Balaban J connectivity index is 1.60. The van der Waals surface area contributed by atoms with Gasteiger partial charge in [0.25, 0.3) is 5.91 Å². The number of pyridine rings is 1. The number of nitrogens with zero attached hydrogens (tertiary/aromatic N) is 3. The smallest absolute Gasteiger partial charge is 0.252 e. The molecule has 2 aromatic heterocycles. The van der Waals surface area contributed by atoms with Gasteiger partial charge < -0.3 is 10.6 Å². The average molecular weight is 424 g/mol. The molecule has 0 aliphatic rings. The van der Waals surface area contributed by atoms with Gasteiger partial charge in [-0.15, -0.1) is 0 Å². The highest BCUT2D eigenvalue weighted by atomic mass is 16.1. The van der Waals surface area contributed by atoms with Crippen LogP contribution in [0.15, 0.2) is 85.5 Å². The van der Waals surface area contributed by atoms with E-state index in [1.807, 2.05) is 87.5 Å². The van der Waals surface area contributed by atoms with Crippen LogP contribution in [0.3, 0.4) is 0 Å². The third-order valence-electron chi connectivity index (χ3n) is 5.34. The van der Waals surface area contributed by atoms with Gasteiger partial charge in [-0.3, -0.25) is 4.79 Å². The molecule has 0 spiro atoms. The molecule has 2 N–H and O–H groups in total. The number of anilines is 2. The molecule has 0 bridgehead atoms. The van der Waals surface area contributed by atoms with E-state index in [-0.39, 0.29) is 5.91 Å². The summed E-state index contributed by atoms with van der Waals surface area (Å²) >= 11 is 0. The van der Waals surface area contributed by atoms with E-state index in [2.05, 4.69) is 25.6 Å². The van der Waals surface area contributed by atoms with Crippen LogP contribution in [0.25, 0.3) is 11.3 Å². The van der Waals surface area contributed by atoms with Gasteiger partial charge in [-0.25, -0.2) is 15.0 Å². The van der Waals surface area contributed by atoms with Crippen molar-refractivity contribution in [3.8, 4) is 11.3 Å². The van der Waals surface area contributed by atoms with E-state index in [1.165, 1.54) is 6.33 Å². The number of carbonyl (C=O) groups is 1. The van der Waals surface area contributed by atoms with E-state index in [1.54, 1.807) is 12.4 Å². The van der Waals surface area contributed by atoms with Crippen molar-refractivity contribution in [2.45, 2.75) is 26.3 Å². The van der Waals surface area contributed by atoms with Crippen molar-refractivity contribution < 1.29 is 4.79 Å². The van der Waals surface area contributed by atoms with E-state index in [9.17, 15) is 4.79 Å². The lowest BCUT2D eigenvalue weighted by Crippen LogP contribution is -2.41. The van der Waals surface area contributed by atoms with Gasteiger partial charge in [0, 0.05) is 29.2 Å². The molecule has 6 nitrogen and oxygen atoms in total. The standard InChI is InChI=1S/C26H25N5O/c1-18-11-12-19(25(32)31-26(2,3)20-8-5-4-6-9-20)16-23(18)30-24-21(10-7-14-28-24)22-13-15-27-17-29-22/h4-17H,1-3H3,(H,28,30)(H,31,32). The first-order chi connectivity index (χ1) is 15.4. The Morgan fingerprint density at radius 2 is 1.72 bits per heavy atom. The predicted octanol–water partition coefficient (Wildman–Crippen LogP) is 5.26. The van der Waals surface area contributed by atoms with Crippen molar-refractivity contribution in [3.05, 3.63) is 102 Å². The summed E-state index contributed by atoms with van der Waals surface area (Å²) in [5.41, 5.74) is 4.55. The van der Waals surface area contributed by atoms with E-state index in [0.717, 1.165) is 28.1 Å². The number of aromatic nitrogens is 3.